The molecule has 2 N–H and O–H groups in total. The highest BCUT2D eigenvalue weighted by Gasteiger charge is 2.15. The van der Waals surface area contributed by atoms with Gasteiger partial charge in [-0.05, 0) is 72.8 Å². The predicted molar refractivity (Wildman–Crippen MR) is 117 cm³/mol. The minimum atomic E-state index is -3.84. The molecule has 162 valence electrons. The van der Waals surface area contributed by atoms with Gasteiger partial charge in [-0.25, -0.2) is 12.8 Å². The van der Waals surface area contributed by atoms with Crippen molar-refractivity contribution >= 4 is 27.3 Å². The van der Waals surface area contributed by atoms with Gasteiger partial charge in [0, 0.05) is 29.4 Å². The molecule has 1 heterocycles. The van der Waals surface area contributed by atoms with Crippen LogP contribution in [0.15, 0.2) is 82.2 Å². The Hall–Kier alpha value is -4.05. The van der Waals surface area contributed by atoms with Crippen LogP contribution in [0, 0.1) is 5.82 Å². The van der Waals surface area contributed by atoms with Gasteiger partial charge >= 0.3 is 0 Å². The molecule has 8 nitrogen and oxygen atoms in total. The molecule has 10 heteroatoms. The van der Waals surface area contributed by atoms with Crippen LogP contribution in [0.5, 0.6) is 0 Å². The molecule has 0 radical (unpaired) electrons. The van der Waals surface area contributed by atoms with Crippen LogP contribution >= 0.6 is 0 Å². The Morgan fingerprint density at radius 3 is 2.09 bits per heavy atom. The summed E-state index contributed by atoms with van der Waals surface area (Å²) in [6.07, 6.45) is 0. The molecular formula is C22H17FN4O4S. The fourth-order valence-electron chi connectivity index (χ4n) is 2.87. The van der Waals surface area contributed by atoms with Crippen LogP contribution in [-0.2, 0) is 14.8 Å². The van der Waals surface area contributed by atoms with E-state index in [1.165, 1.54) is 19.1 Å². The molecule has 0 aliphatic rings. The molecule has 0 atom stereocenters. The van der Waals surface area contributed by atoms with Gasteiger partial charge in [0.15, 0.2) is 0 Å². The van der Waals surface area contributed by atoms with Crippen molar-refractivity contribution in [2.45, 2.75) is 11.8 Å². The molecule has 0 saturated heterocycles. The summed E-state index contributed by atoms with van der Waals surface area (Å²) in [5.74, 6) is -0.0490. The summed E-state index contributed by atoms with van der Waals surface area (Å²) >= 11 is 0. The lowest BCUT2D eigenvalue weighted by atomic mass is 10.2. The van der Waals surface area contributed by atoms with E-state index < -0.39 is 15.8 Å². The van der Waals surface area contributed by atoms with E-state index in [0.717, 1.165) is 12.1 Å². The molecule has 0 bridgehead atoms. The Morgan fingerprint density at radius 1 is 0.875 bits per heavy atom. The number of hydrogen-bond acceptors (Lipinski definition) is 6. The maximum Gasteiger partial charge on any atom is 0.261 e. The van der Waals surface area contributed by atoms with E-state index in [9.17, 15) is 17.6 Å². The van der Waals surface area contributed by atoms with Crippen LogP contribution < -0.4 is 10.0 Å². The van der Waals surface area contributed by atoms with Gasteiger partial charge in [0.2, 0.25) is 11.7 Å². The molecule has 0 aliphatic heterocycles. The second kappa shape index (κ2) is 8.60. The largest absolute Gasteiger partial charge is 0.334 e. The van der Waals surface area contributed by atoms with Crippen LogP contribution in [0.3, 0.4) is 0 Å². The summed E-state index contributed by atoms with van der Waals surface area (Å²) in [5, 5.41) is 6.64. The number of benzene rings is 3. The number of aromatic nitrogens is 2. The first-order valence-corrected chi connectivity index (χ1v) is 10.9. The molecule has 0 spiro atoms. The zero-order chi connectivity index (χ0) is 22.7. The lowest BCUT2D eigenvalue weighted by molar-refractivity contribution is -0.114. The number of hydrogen-bond donors (Lipinski definition) is 2. The number of amides is 1. The summed E-state index contributed by atoms with van der Waals surface area (Å²) in [5.41, 5.74) is 2.29. The molecule has 0 aliphatic carbocycles. The number of carbonyl (C=O) groups is 1. The highest BCUT2D eigenvalue weighted by molar-refractivity contribution is 7.92. The Labute approximate surface area is 183 Å². The maximum absolute atomic E-state index is 13.0. The second-order valence-corrected chi connectivity index (χ2v) is 8.50. The SMILES string of the molecule is CC(=O)Nc1ccc(-c2nc(-c3ccc(NS(=O)(=O)c4ccc(F)cc4)cc3)no2)cc1. The summed E-state index contributed by atoms with van der Waals surface area (Å²) in [4.78, 5) is 15.4. The van der Waals surface area contributed by atoms with Gasteiger partial charge in [0.05, 0.1) is 4.90 Å². The van der Waals surface area contributed by atoms with Crippen molar-refractivity contribution in [3.63, 3.8) is 0 Å². The van der Waals surface area contributed by atoms with E-state index in [2.05, 4.69) is 20.2 Å². The van der Waals surface area contributed by atoms with Crippen molar-refractivity contribution < 1.29 is 22.1 Å². The van der Waals surface area contributed by atoms with Crippen molar-refractivity contribution in [2.75, 3.05) is 10.0 Å². The fraction of sp³-hybridized carbons (Fsp3) is 0.0455. The number of nitrogens with zero attached hydrogens (tertiary/aromatic N) is 2. The molecule has 1 amide bonds. The highest BCUT2D eigenvalue weighted by atomic mass is 32.2. The maximum atomic E-state index is 13.0. The quantitative estimate of drug-likeness (QED) is 0.451. The van der Waals surface area contributed by atoms with E-state index in [1.807, 2.05) is 0 Å². The number of rotatable bonds is 6. The molecule has 4 aromatic rings. The van der Waals surface area contributed by atoms with Crippen molar-refractivity contribution in [2.24, 2.45) is 0 Å². The zero-order valence-electron chi connectivity index (χ0n) is 16.7. The van der Waals surface area contributed by atoms with E-state index in [4.69, 9.17) is 4.52 Å². The lowest BCUT2D eigenvalue weighted by Gasteiger charge is -2.08. The van der Waals surface area contributed by atoms with Crippen molar-refractivity contribution in [3.05, 3.63) is 78.6 Å². The third-order valence-corrected chi connectivity index (χ3v) is 5.79. The number of sulfonamides is 1. The Bertz CT molecular complexity index is 1350. The van der Waals surface area contributed by atoms with E-state index in [0.29, 0.717) is 34.2 Å². The number of anilines is 2. The fourth-order valence-corrected chi connectivity index (χ4v) is 3.93. The third-order valence-electron chi connectivity index (χ3n) is 4.40. The Kier molecular flexibility index (Phi) is 5.69. The molecule has 4 rings (SSSR count). The minimum absolute atomic E-state index is 0.0460. The molecule has 0 saturated carbocycles. The van der Waals surface area contributed by atoms with Gasteiger partial charge in [-0.2, -0.15) is 4.98 Å². The molecule has 1 aromatic heterocycles. The van der Waals surface area contributed by atoms with Crippen molar-refractivity contribution in [1.82, 2.24) is 10.1 Å². The monoisotopic (exact) mass is 452 g/mol. The standard InChI is InChI=1S/C22H17FN4O4S/c1-14(28)24-18-8-4-16(5-9-18)22-25-21(26-31-22)15-2-10-19(11-3-15)27-32(29,30)20-12-6-17(23)7-13-20/h2-13,27H,1H3,(H,24,28). The second-order valence-electron chi connectivity index (χ2n) is 6.82. The van der Waals surface area contributed by atoms with Crippen LogP contribution in [0.2, 0.25) is 0 Å². The number of carbonyl (C=O) groups excluding carboxylic acids is 1. The Balaban J connectivity index is 1.48. The van der Waals surface area contributed by atoms with E-state index >= 15 is 0 Å². The lowest BCUT2D eigenvalue weighted by Crippen LogP contribution is -2.12. The molecule has 0 unspecified atom stereocenters. The van der Waals surface area contributed by atoms with Gasteiger partial charge in [0.1, 0.15) is 5.82 Å². The van der Waals surface area contributed by atoms with Crippen LogP contribution in [-0.4, -0.2) is 24.5 Å². The highest BCUT2D eigenvalue weighted by Crippen LogP contribution is 2.25. The first-order chi connectivity index (χ1) is 15.3. The predicted octanol–water partition coefficient (Wildman–Crippen LogP) is 4.30. The zero-order valence-corrected chi connectivity index (χ0v) is 17.6. The van der Waals surface area contributed by atoms with Gasteiger partial charge in [-0.1, -0.05) is 5.16 Å². The van der Waals surface area contributed by atoms with Gasteiger partial charge in [-0.3, -0.25) is 9.52 Å². The van der Waals surface area contributed by atoms with Crippen molar-refractivity contribution in [1.29, 1.82) is 0 Å². The average molecular weight is 452 g/mol. The van der Waals surface area contributed by atoms with Crippen LogP contribution in [0.4, 0.5) is 15.8 Å². The molecule has 32 heavy (non-hydrogen) atoms. The summed E-state index contributed by atoms with van der Waals surface area (Å²) < 4.78 is 45.6. The van der Waals surface area contributed by atoms with Crippen molar-refractivity contribution in [3.8, 4) is 22.8 Å². The van der Waals surface area contributed by atoms with Gasteiger partial charge in [-0.15, -0.1) is 0 Å². The van der Waals surface area contributed by atoms with Crippen LogP contribution in [0.25, 0.3) is 22.8 Å². The smallest absolute Gasteiger partial charge is 0.261 e. The topological polar surface area (TPSA) is 114 Å². The minimum Gasteiger partial charge on any atom is -0.334 e. The first-order valence-electron chi connectivity index (χ1n) is 9.41. The summed E-state index contributed by atoms with van der Waals surface area (Å²) in [6.45, 7) is 1.43. The number of nitrogens with one attached hydrogen (secondary N) is 2. The third kappa shape index (κ3) is 4.81. The van der Waals surface area contributed by atoms with Crippen LogP contribution in [0.1, 0.15) is 6.92 Å². The molecule has 3 aromatic carbocycles. The van der Waals surface area contributed by atoms with E-state index in [1.54, 1.807) is 48.5 Å². The van der Waals surface area contributed by atoms with E-state index in [-0.39, 0.29) is 10.8 Å². The van der Waals surface area contributed by atoms with Gasteiger partial charge < -0.3 is 9.84 Å². The normalized spacial score (nSPS) is 11.2. The molecular weight excluding hydrogens is 435 g/mol. The Morgan fingerprint density at radius 2 is 1.47 bits per heavy atom. The van der Waals surface area contributed by atoms with Gasteiger partial charge in [0.25, 0.3) is 15.9 Å². The number of halogens is 1. The average Bonchev–Trinajstić information content (AvgIpc) is 3.25. The molecule has 0 fully saturated rings. The summed E-state index contributed by atoms with van der Waals surface area (Å²) in [6, 6.07) is 17.9. The first kappa shape index (κ1) is 21.2. The summed E-state index contributed by atoms with van der Waals surface area (Å²) in [7, 11) is -3.84.